The van der Waals surface area contributed by atoms with E-state index in [0.717, 1.165) is 11.8 Å². The van der Waals surface area contributed by atoms with Crippen molar-refractivity contribution in [2.45, 2.75) is 26.0 Å². The Morgan fingerprint density at radius 1 is 1.31 bits per heavy atom. The molecule has 0 radical (unpaired) electrons. The molecule has 2 aliphatic rings. The molecule has 0 unspecified atom stereocenters. The van der Waals surface area contributed by atoms with Crippen LogP contribution in [0, 0.1) is 34.0 Å². The fourth-order valence-corrected chi connectivity index (χ4v) is 4.22. The van der Waals surface area contributed by atoms with Crippen LogP contribution in [0.5, 0.6) is 11.5 Å². The van der Waals surface area contributed by atoms with E-state index in [1.54, 1.807) is 39.0 Å². The van der Waals surface area contributed by atoms with Gasteiger partial charge in [-0.05, 0) is 19.1 Å². The van der Waals surface area contributed by atoms with E-state index in [4.69, 9.17) is 9.47 Å². The van der Waals surface area contributed by atoms with Gasteiger partial charge in [-0.1, -0.05) is 25.6 Å². The average molecular weight is 412 g/mol. The molecule has 1 aromatic carbocycles. The van der Waals surface area contributed by atoms with Crippen molar-refractivity contribution in [3.63, 3.8) is 0 Å². The Kier molecular flexibility index (Phi) is 5.71. The van der Waals surface area contributed by atoms with Gasteiger partial charge in [-0.15, -0.1) is 0 Å². The fraction of sp³-hybridized carbons (Fsp3) is 0.400. The van der Waals surface area contributed by atoms with Crippen molar-refractivity contribution in [2.24, 2.45) is 11.3 Å². The molecule has 3 rings (SSSR count). The molecule has 150 valence electrons. The number of carbonyl (C=O) groups is 2. The van der Waals surface area contributed by atoms with Crippen LogP contribution in [-0.4, -0.2) is 30.3 Å². The average Bonchev–Trinajstić information content (AvgIpc) is 2.67. The number of rotatable bonds is 4. The maximum absolute atomic E-state index is 12.6. The molecule has 8 nitrogen and oxygen atoms in total. The summed E-state index contributed by atoms with van der Waals surface area (Å²) in [7, 11) is 0. The first kappa shape index (κ1) is 20.6. The number of ether oxygens (including phenoxy) is 2. The van der Waals surface area contributed by atoms with Gasteiger partial charge in [-0.25, -0.2) is 0 Å². The number of hydrogen-bond donors (Lipinski definition) is 2. The first-order chi connectivity index (χ1) is 13.8. The van der Waals surface area contributed by atoms with Crippen LogP contribution in [0.25, 0.3) is 0 Å². The molecular formula is C20H20N4O4S. The van der Waals surface area contributed by atoms with Crippen LogP contribution < -0.4 is 20.1 Å². The van der Waals surface area contributed by atoms with Crippen LogP contribution in [-0.2, 0) is 9.59 Å². The van der Waals surface area contributed by atoms with Gasteiger partial charge in [-0.3, -0.25) is 9.59 Å². The molecule has 0 bridgehead atoms. The normalized spacial score (nSPS) is 20.7. The van der Waals surface area contributed by atoms with Crippen molar-refractivity contribution in [1.82, 2.24) is 5.32 Å². The predicted octanol–water partition coefficient (Wildman–Crippen LogP) is 2.55. The van der Waals surface area contributed by atoms with E-state index < -0.39 is 22.5 Å². The molecule has 1 aromatic rings. The fourth-order valence-electron chi connectivity index (χ4n) is 3.11. The zero-order valence-corrected chi connectivity index (χ0v) is 17.1. The van der Waals surface area contributed by atoms with Crippen molar-refractivity contribution >= 4 is 29.3 Å². The number of allylic oxidation sites excluding steroid dienone is 1. The maximum Gasteiger partial charge on any atom is 0.243 e. The second kappa shape index (κ2) is 8.06. The third kappa shape index (κ3) is 4.01. The molecule has 2 heterocycles. The molecule has 0 saturated heterocycles. The van der Waals surface area contributed by atoms with Gasteiger partial charge in [0.15, 0.2) is 11.5 Å². The van der Waals surface area contributed by atoms with Gasteiger partial charge in [0.05, 0.1) is 28.0 Å². The summed E-state index contributed by atoms with van der Waals surface area (Å²) in [6, 6.07) is 9.17. The smallest absolute Gasteiger partial charge is 0.243 e. The number of hydrogen-bond acceptors (Lipinski definition) is 7. The molecule has 2 N–H and O–H groups in total. The summed E-state index contributed by atoms with van der Waals surface area (Å²) in [6.45, 7) is 5.96. The number of amides is 2. The summed E-state index contributed by atoms with van der Waals surface area (Å²) in [4.78, 5) is 24.9. The molecule has 0 aromatic heterocycles. The monoisotopic (exact) mass is 412 g/mol. The summed E-state index contributed by atoms with van der Waals surface area (Å²) >= 11 is 1.08. The summed E-state index contributed by atoms with van der Waals surface area (Å²) in [5, 5.41) is 24.0. The minimum Gasteiger partial charge on any atom is -0.486 e. The topological polar surface area (TPSA) is 124 Å². The Labute approximate surface area is 172 Å². The second-order valence-electron chi connectivity index (χ2n) is 7.20. The van der Waals surface area contributed by atoms with E-state index in [-0.39, 0.29) is 11.5 Å². The van der Waals surface area contributed by atoms with Gasteiger partial charge >= 0.3 is 0 Å². The lowest BCUT2D eigenvalue weighted by Gasteiger charge is -2.35. The van der Waals surface area contributed by atoms with Crippen LogP contribution >= 0.6 is 11.8 Å². The molecule has 2 aliphatic heterocycles. The molecule has 2 atom stereocenters. The molecule has 0 saturated carbocycles. The minimum absolute atomic E-state index is 0.285. The first-order valence-electron chi connectivity index (χ1n) is 9.00. The maximum atomic E-state index is 12.6. The number of fused-ring (bicyclic) bond motifs is 1. The van der Waals surface area contributed by atoms with E-state index in [9.17, 15) is 20.1 Å². The summed E-state index contributed by atoms with van der Waals surface area (Å²) in [5.41, 5.74) is -0.105. The van der Waals surface area contributed by atoms with Crippen molar-refractivity contribution < 1.29 is 19.1 Å². The van der Waals surface area contributed by atoms with Crippen molar-refractivity contribution in [1.29, 1.82) is 10.5 Å². The lowest BCUT2D eigenvalue weighted by Crippen LogP contribution is -2.45. The Hall–Kier alpha value is -3.17. The van der Waals surface area contributed by atoms with Crippen molar-refractivity contribution in [3.8, 4) is 23.6 Å². The highest BCUT2D eigenvalue weighted by atomic mass is 32.2. The molecule has 0 aliphatic carbocycles. The molecule has 0 fully saturated rings. The molecule has 9 heteroatoms. The Balaban J connectivity index is 1.75. The number of nitrogens with one attached hydrogen (secondary N) is 2. The number of nitriles is 2. The lowest BCUT2D eigenvalue weighted by molar-refractivity contribution is -0.125. The molecule has 2 amide bonds. The molecular weight excluding hydrogens is 392 g/mol. The van der Waals surface area contributed by atoms with Crippen molar-refractivity contribution in [2.75, 3.05) is 18.5 Å². The van der Waals surface area contributed by atoms with Gasteiger partial charge in [0.25, 0.3) is 0 Å². The molecule has 29 heavy (non-hydrogen) atoms. The third-order valence-corrected chi connectivity index (χ3v) is 5.92. The Morgan fingerprint density at radius 2 is 2.00 bits per heavy atom. The molecule has 0 spiro atoms. The van der Waals surface area contributed by atoms with Crippen LogP contribution in [0.1, 0.15) is 20.8 Å². The van der Waals surface area contributed by atoms with Crippen molar-refractivity contribution in [3.05, 3.63) is 28.8 Å². The summed E-state index contributed by atoms with van der Waals surface area (Å²) in [5.74, 6) is -0.555. The Morgan fingerprint density at radius 3 is 2.66 bits per heavy atom. The highest BCUT2D eigenvalue weighted by Crippen LogP contribution is 2.42. The van der Waals surface area contributed by atoms with Gasteiger partial charge in [0.2, 0.25) is 11.8 Å². The second-order valence-corrected chi connectivity index (χ2v) is 8.55. The highest BCUT2D eigenvalue weighted by Gasteiger charge is 2.45. The number of nitrogens with zero attached hydrogens (tertiary/aromatic N) is 2. The lowest BCUT2D eigenvalue weighted by atomic mass is 9.72. The van der Waals surface area contributed by atoms with E-state index in [1.165, 1.54) is 0 Å². The predicted molar refractivity (Wildman–Crippen MR) is 107 cm³/mol. The zero-order chi connectivity index (χ0) is 21.2. The highest BCUT2D eigenvalue weighted by molar-refractivity contribution is 8.04. The SMILES string of the molecule is C[C@H](SC1=C(C#N)C(C)(C)[C@@H](C#N)C(=O)N1)C(=O)Nc1ccc2c(c1)OCCO2. The number of carbonyl (C=O) groups excluding carboxylic acids is 2. The van der Waals surface area contributed by atoms with E-state index >= 15 is 0 Å². The largest absolute Gasteiger partial charge is 0.486 e. The van der Waals surface area contributed by atoms with Crippen LogP contribution in [0.15, 0.2) is 28.8 Å². The van der Waals surface area contributed by atoms with Gasteiger partial charge < -0.3 is 20.1 Å². The Bertz CT molecular complexity index is 974. The number of benzene rings is 1. The minimum atomic E-state index is -0.969. The third-order valence-electron chi connectivity index (χ3n) is 4.81. The van der Waals surface area contributed by atoms with Gasteiger partial charge in [0.1, 0.15) is 19.1 Å². The van der Waals surface area contributed by atoms with E-state index in [0.29, 0.717) is 35.4 Å². The van der Waals surface area contributed by atoms with E-state index in [2.05, 4.69) is 16.7 Å². The first-order valence-corrected chi connectivity index (χ1v) is 9.88. The summed E-state index contributed by atoms with van der Waals surface area (Å²) in [6.07, 6.45) is 0. The van der Waals surface area contributed by atoms with Crippen LogP contribution in [0.2, 0.25) is 0 Å². The van der Waals surface area contributed by atoms with E-state index in [1.807, 2.05) is 6.07 Å². The number of thioether (sulfide) groups is 1. The summed E-state index contributed by atoms with van der Waals surface area (Å²) < 4.78 is 11.0. The standard InChI is InChI=1S/C20H20N4O4S/c1-11(17(25)23-12-4-5-15-16(8-12)28-7-6-27-15)29-19-14(10-22)20(2,3)13(9-21)18(26)24-19/h4-5,8,11,13H,6-7H2,1-3H3,(H,23,25)(H,24,26)/t11-,13-/m0/s1. The van der Waals surface area contributed by atoms with Gasteiger partial charge in [0, 0.05) is 17.2 Å². The van der Waals surface area contributed by atoms with Crippen LogP contribution in [0.4, 0.5) is 5.69 Å². The van der Waals surface area contributed by atoms with Crippen LogP contribution in [0.3, 0.4) is 0 Å². The van der Waals surface area contributed by atoms with Gasteiger partial charge in [-0.2, -0.15) is 10.5 Å². The number of anilines is 1. The quantitative estimate of drug-likeness (QED) is 0.779. The zero-order valence-electron chi connectivity index (χ0n) is 16.2.